The van der Waals surface area contributed by atoms with Crippen molar-refractivity contribution in [1.82, 2.24) is 14.9 Å². The normalized spacial score (nSPS) is 22.3. The summed E-state index contributed by atoms with van der Waals surface area (Å²) in [5.41, 5.74) is 3.69. The van der Waals surface area contributed by atoms with Crippen LogP contribution in [-0.2, 0) is 0 Å². The molecule has 5 rings (SSSR count). The summed E-state index contributed by atoms with van der Waals surface area (Å²) in [4.78, 5) is 24.9. The van der Waals surface area contributed by atoms with Crippen LogP contribution < -0.4 is 10.5 Å². The number of nitrogens with zero attached hydrogens (tertiary/aromatic N) is 4. The lowest BCUT2D eigenvalue weighted by atomic mass is 10.0. The van der Waals surface area contributed by atoms with Crippen molar-refractivity contribution in [1.29, 1.82) is 5.26 Å². The molecule has 0 amide bonds. The van der Waals surface area contributed by atoms with E-state index in [0.29, 0.717) is 22.9 Å². The first kappa shape index (κ1) is 18.8. The lowest BCUT2D eigenvalue weighted by molar-refractivity contribution is 0.186. The van der Waals surface area contributed by atoms with Crippen LogP contribution in [0.15, 0.2) is 53.5 Å². The van der Waals surface area contributed by atoms with E-state index in [2.05, 4.69) is 31.9 Å². The molecular weight excluding hydrogens is 374 g/mol. The van der Waals surface area contributed by atoms with Crippen molar-refractivity contribution < 1.29 is 0 Å². The van der Waals surface area contributed by atoms with Crippen molar-refractivity contribution in [3.05, 3.63) is 70.3 Å². The molecule has 0 radical (unpaired) electrons. The van der Waals surface area contributed by atoms with Gasteiger partial charge in [-0.15, -0.1) is 0 Å². The van der Waals surface area contributed by atoms with Gasteiger partial charge in [-0.2, -0.15) is 5.26 Å². The summed E-state index contributed by atoms with van der Waals surface area (Å²) >= 11 is 0. The lowest BCUT2D eigenvalue weighted by Gasteiger charge is -2.39. The number of piperazine rings is 1. The van der Waals surface area contributed by atoms with Gasteiger partial charge >= 0.3 is 0 Å². The summed E-state index contributed by atoms with van der Waals surface area (Å²) in [6.45, 7) is 4.11. The fourth-order valence-electron chi connectivity index (χ4n) is 4.99. The zero-order chi connectivity index (χ0) is 20.5. The molecule has 1 saturated carbocycles. The molecule has 3 heterocycles. The second-order valence-corrected chi connectivity index (χ2v) is 8.34. The molecule has 30 heavy (non-hydrogen) atoms. The quantitative estimate of drug-likeness (QED) is 0.732. The molecule has 0 unspecified atom stereocenters. The van der Waals surface area contributed by atoms with Gasteiger partial charge in [-0.1, -0.05) is 0 Å². The fourth-order valence-corrected chi connectivity index (χ4v) is 4.99. The zero-order valence-electron chi connectivity index (χ0n) is 16.9. The molecule has 6 nitrogen and oxygen atoms in total. The Bertz CT molecular complexity index is 1140. The molecule has 0 spiro atoms. The number of pyridine rings is 2. The molecule has 152 valence electrons. The van der Waals surface area contributed by atoms with Gasteiger partial charge in [0, 0.05) is 55.7 Å². The number of rotatable bonds is 3. The minimum atomic E-state index is -0.0323. The number of benzene rings is 1. The monoisotopic (exact) mass is 399 g/mol. The van der Waals surface area contributed by atoms with Gasteiger partial charge in [-0.05, 0) is 61.7 Å². The van der Waals surface area contributed by atoms with Gasteiger partial charge in [-0.3, -0.25) is 14.7 Å². The average molecular weight is 399 g/mol. The summed E-state index contributed by atoms with van der Waals surface area (Å²) in [6, 6.07) is 16.3. The van der Waals surface area contributed by atoms with Crippen LogP contribution in [0.3, 0.4) is 0 Å². The number of nitriles is 1. The molecule has 0 bridgehead atoms. The second kappa shape index (κ2) is 7.92. The number of fused-ring (bicyclic) bond motifs is 1. The standard InChI is InChI=1S/C24H25N5O/c25-16-17-3-6-19(7-4-17)28-10-12-29(13-11-28)20-8-5-18(14-20)22-15-23-21(24(30)27-22)2-1-9-26-23/h1-4,6-7,9,15,18,20H,5,8,10-14H2,(H,27,30)/t18-,20-/m1/s1. The average Bonchev–Trinajstić information content (AvgIpc) is 3.30. The maximum Gasteiger partial charge on any atom is 0.257 e. The van der Waals surface area contributed by atoms with Crippen LogP contribution in [-0.4, -0.2) is 47.1 Å². The van der Waals surface area contributed by atoms with Crippen molar-refractivity contribution in [3.8, 4) is 6.07 Å². The molecule has 2 aliphatic rings. The molecule has 6 heteroatoms. The predicted molar refractivity (Wildman–Crippen MR) is 118 cm³/mol. The van der Waals surface area contributed by atoms with Gasteiger partial charge in [0.15, 0.2) is 0 Å². The van der Waals surface area contributed by atoms with Gasteiger partial charge in [-0.25, -0.2) is 0 Å². The number of nitrogens with one attached hydrogen (secondary N) is 1. The SMILES string of the molecule is N#Cc1ccc(N2CCN([C@@H]3CC[C@@H](c4cc5ncccc5c(=O)[nH]4)C3)CC2)cc1. The number of hydrogen-bond donors (Lipinski definition) is 1. The minimum Gasteiger partial charge on any atom is -0.369 e. The Balaban J connectivity index is 1.23. The van der Waals surface area contributed by atoms with Crippen molar-refractivity contribution in [3.63, 3.8) is 0 Å². The highest BCUT2D eigenvalue weighted by atomic mass is 16.1. The third-order valence-electron chi connectivity index (χ3n) is 6.67. The molecule has 1 aromatic carbocycles. The van der Waals surface area contributed by atoms with Crippen LogP contribution in [0.5, 0.6) is 0 Å². The molecular formula is C24H25N5O. The van der Waals surface area contributed by atoms with E-state index in [0.717, 1.165) is 50.2 Å². The van der Waals surface area contributed by atoms with Crippen LogP contribution in [0.2, 0.25) is 0 Å². The number of anilines is 1. The molecule has 2 atom stereocenters. The highest BCUT2D eigenvalue weighted by molar-refractivity contribution is 5.77. The number of aromatic amines is 1. The molecule has 2 aromatic heterocycles. The van der Waals surface area contributed by atoms with E-state index in [4.69, 9.17) is 5.26 Å². The van der Waals surface area contributed by atoms with Gasteiger partial charge in [0.2, 0.25) is 0 Å². The summed E-state index contributed by atoms with van der Waals surface area (Å²) in [7, 11) is 0. The van der Waals surface area contributed by atoms with Crippen molar-refractivity contribution in [2.75, 3.05) is 31.1 Å². The maximum atomic E-state index is 12.4. The Hall–Kier alpha value is -3.17. The van der Waals surface area contributed by atoms with Crippen LogP contribution in [0, 0.1) is 11.3 Å². The number of H-pyrrole nitrogens is 1. The fraction of sp³-hybridized carbons (Fsp3) is 0.375. The molecule has 1 saturated heterocycles. The molecule has 1 aliphatic heterocycles. The van der Waals surface area contributed by atoms with E-state index in [-0.39, 0.29) is 5.56 Å². The first-order valence-electron chi connectivity index (χ1n) is 10.7. The summed E-state index contributed by atoms with van der Waals surface area (Å²) in [6.07, 6.45) is 5.11. The van der Waals surface area contributed by atoms with Gasteiger partial charge in [0.05, 0.1) is 22.5 Å². The molecule has 1 N–H and O–H groups in total. The highest BCUT2D eigenvalue weighted by Crippen LogP contribution is 2.36. The topological polar surface area (TPSA) is 76.0 Å². The Morgan fingerprint density at radius 2 is 1.87 bits per heavy atom. The lowest BCUT2D eigenvalue weighted by Crippen LogP contribution is -2.49. The van der Waals surface area contributed by atoms with E-state index in [9.17, 15) is 4.79 Å². The van der Waals surface area contributed by atoms with E-state index >= 15 is 0 Å². The van der Waals surface area contributed by atoms with Gasteiger partial charge < -0.3 is 9.88 Å². The zero-order valence-corrected chi connectivity index (χ0v) is 16.9. The Kier molecular flexibility index (Phi) is 4.97. The van der Waals surface area contributed by atoms with Crippen LogP contribution in [0.4, 0.5) is 5.69 Å². The molecule has 3 aromatic rings. The third kappa shape index (κ3) is 3.57. The van der Waals surface area contributed by atoms with Crippen molar-refractivity contribution in [2.24, 2.45) is 0 Å². The minimum absolute atomic E-state index is 0.0323. The number of hydrogen-bond acceptors (Lipinski definition) is 5. The largest absolute Gasteiger partial charge is 0.369 e. The van der Waals surface area contributed by atoms with E-state index in [1.165, 1.54) is 12.1 Å². The first-order valence-corrected chi connectivity index (χ1v) is 10.7. The summed E-state index contributed by atoms with van der Waals surface area (Å²) in [5.74, 6) is 0.394. The van der Waals surface area contributed by atoms with Crippen molar-refractivity contribution >= 4 is 16.6 Å². The van der Waals surface area contributed by atoms with E-state index in [1.54, 1.807) is 12.3 Å². The third-order valence-corrected chi connectivity index (χ3v) is 6.67. The first-order chi connectivity index (χ1) is 14.7. The van der Waals surface area contributed by atoms with Crippen molar-refractivity contribution in [2.45, 2.75) is 31.2 Å². The Morgan fingerprint density at radius 1 is 1.07 bits per heavy atom. The smallest absolute Gasteiger partial charge is 0.257 e. The molecule has 1 aliphatic carbocycles. The summed E-state index contributed by atoms with van der Waals surface area (Å²) < 4.78 is 0. The predicted octanol–water partition coefficient (Wildman–Crippen LogP) is 3.25. The van der Waals surface area contributed by atoms with Crippen LogP contribution in [0.25, 0.3) is 10.9 Å². The maximum absolute atomic E-state index is 12.4. The molecule has 2 fully saturated rings. The van der Waals surface area contributed by atoms with Crippen LogP contribution >= 0.6 is 0 Å². The Labute approximate surface area is 175 Å². The van der Waals surface area contributed by atoms with E-state index < -0.39 is 0 Å². The van der Waals surface area contributed by atoms with Gasteiger partial charge in [0.25, 0.3) is 5.56 Å². The van der Waals surface area contributed by atoms with E-state index in [1.807, 2.05) is 30.3 Å². The number of aromatic nitrogens is 2. The summed E-state index contributed by atoms with van der Waals surface area (Å²) in [5, 5.41) is 9.63. The van der Waals surface area contributed by atoms with Gasteiger partial charge in [0.1, 0.15) is 0 Å². The highest BCUT2D eigenvalue weighted by Gasteiger charge is 2.32. The van der Waals surface area contributed by atoms with Crippen LogP contribution in [0.1, 0.15) is 36.4 Å². The second-order valence-electron chi connectivity index (χ2n) is 8.34. The Morgan fingerprint density at radius 3 is 2.63 bits per heavy atom.